The predicted octanol–water partition coefficient (Wildman–Crippen LogP) is 4.33. The van der Waals surface area contributed by atoms with Gasteiger partial charge in [-0.25, -0.2) is 0 Å². The first-order chi connectivity index (χ1) is 6.51. The Labute approximate surface area is 84.8 Å². The highest BCUT2D eigenvalue weighted by molar-refractivity contribution is 8.00. The van der Waals surface area contributed by atoms with Gasteiger partial charge in [0.1, 0.15) is 0 Å². The summed E-state index contributed by atoms with van der Waals surface area (Å²) in [5.74, 6) is 0. The van der Waals surface area contributed by atoms with E-state index in [1.165, 1.54) is 12.1 Å². The van der Waals surface area contributed by atoms with Crippen molar-refractivity contribution in [3.05, 3.63) is 35.9 Å². The lowest BCUT2D eigenvalue weighted by Crippen LogP contribution is -1.98. The van der Waals surface area contributed by atoms with Crippen LogP contribution >= 0.6 is 11.8 Å². The summed E-state index contributed by atoms with van der Waals surface area (Å²) in [6.07, 6.45) is 3.67. The van der Waals surface area contributed by atoms with Gasteiger partial charge in [0.25, 0.3) is 0 Å². The molecule has 0 nitrogen and oxygen atoms in total. The lowest BCUT2D eigenvalue weighted by atomic mass is 10.2. The maximum absolute atomic E-state index is 11.9. The standard InChI is InChI=1S/C10H9F3S/c1-2-3-8-4-6-9(7-5-8)14-10(11,12)13/h2-7H,1H3/b3-2+. The molecule has 0 N–H and O–H groups in total. The molecule has 0 bridgehead atoms. The minimum Gasteiger partial charge on any atom is -0.160 e. The van der Waals surface area contributed by atoms with Gasteiger partial charge in [0.05, 0.1) is 0 Å². The van der Waals surface area contributed by atoms with Crippen molar-refractivity contribution in [2.24, 2.45) is 0 Å². The Morgan fingerprint density at radius 3 is 2.14 bits per heavy atom. The molecule has 0 spiro atoms. The quantitative estimate of drug-likeness (QED) is 0.666. The van der Waals surface area contributed by atoms with E-state index >= 15 is 0 Å². The number of alkyl halides is 3. The van der Waals surface area contributed by atoms with Crippen LogP contribution in [0.3, 0.4) is 0 Å². The van der Waals surface area contributed by atoms with Gasteiger partial charge in [0, 0.05) is 4.90 Å². The van der Waals surface area contributed by atoms with Gasteiger partial charge >= 0.3 is 5.51 Å². The van der Waals surface area contributed by atoms with E-state index in [-0.39, 0.29) is 16.7 Å². The SMILES string of the molecule is C/C=C/c1ccc(SC(F)(F)F)cc1. The Balaban J connectivity index is 2.74. The second kappa shape index (κ2) is 4.55. The molecule has 0 unspecified atom stereocenters. The first-order valence-corrected chi connectivity index (χ1v) is 4.81. The van der Waals surface area contributed by atoms with Crippen molar-refractivity contribution < 1.29 is 13.2 Å². The average molecular weight is 218 g/mol. The van der Waals surface area contributed by atoms with Crippen LogP contribution < -0.4 is 0 Å². The van der Waals surface area contributed by atoms with E-state index in [1.807, 2.05) is 19.1 Å². The van der Waals surface area contributed by atoms with Crippen molar-refractivity contribution in [2.45, 2.75) is 17.3 Å². The minimum atomic E-state index is -4.21. The molecule has 1 aromatic carbocycles. The summed E-state index contributed by atoms with van der Waals surface area (Å²) in [4.78, 5) is 0.214. The fourth-order valence-corrected chi connectivity index (χ4v) is 1.51. The van der Waals surface area contributed by atoms with Crippen LogP contribution in [0, 0.1) is 0 Å². The summed E-state index contributed by atoms with van der Waals surface area (Å²) in [5.41, 5.74) is -3.30. The van der Waals surface area contributed by atoms with E-state index < -0.39 is 5.51 Å². The summed E-state index contributed by atoms with van der Waals surface area (Å²) >= 11 is -0.0966. The Bertz CT molecular complexity index is 311. The number of allylic oxidation sites excluding steroid dienone is 1. The number of halogens is 3. The van der Waals surface area contributed by atoms with Crippen LogP contribution in [0.25, 0.3) is 6.08 Å². The second-order valence-corrected chi connectivity index (χ2v) is 3.76. The highest BCUT2D eigenvalue weighted by Crippen LogP contribution is 2.36. The Morgan fingerprint density at radius 2 is 1.71 bits per heavy atom. The molecule has 0 aliphatic carbocycles. The Kier molecular flexibility index (Phi) is 3.63. The van der Waals surface area contributed by atoms with Crippen molar-refractivity contribution in [3.63, 3.8) is 0 Å². The topological polar surface area (TPSA) is 0 Å². The largest absolute Gasteiger partial charge is 0.446 e. The molecule has 0 fully saturated rings. The molecule has 0 atom stereocenters. The molecule has 4 heteroatoms. The smallest absolute Gasteiger partial charge is 0.160 e. The number of thioether (sulfide) groups is 1. The molecule has 0 aliphatic rings. The van der Waals surface area contributed by atoms with Crippen LogP contribution in [-0.2, 0) is 0 Å². The summed E-state index contributed by atoms with van der Waals surface area (Å²) in [5, 5.41) is 0. The first-order valence-electron chi connectivity index (χ1n) is 4.00. The van der Waals surface area contributed by atoms with Gasteiger partial charge in [-0.2, -0.15) is 13.2 Å². The lowest BCUT2D eigenvalue weighted by molar-refractivity contribution is -0.0328. The molecule has 0 saturated carbocycles. The third kappa shape index (κ3) is 3.87. The first kappa shape index (κ1) is 11.2. The summed E-state index contributed by atoms with van der Waals surface area (Å²) < 4.78 is 35.8. The van der Waals surface area contributed by atoms with Gasteiger partial charge in [-0.3, -0.25) is 0 Å². The predicted molar refractivity (Wildman–Crippen MR) is 53.1 cm³/mol. The van der Waals surface area contributed by atoms with Crippen LogP contribution in [0.5, 0.6) is 0 Å². The average Bonchev–Trinajstić information content (AvgIpc) is 2.06. The molecule has 0 heterocycles. The number of hydrogen-bond donors (Lipinski definition) is 0. The third-order valence-corrected chi connectivity index (χ3v) is 2.21. The van der Waals surface area contributed by atoms with Crippen molar-refractivity contribution in [1.82, 2.24) is 0 Å². The molecule has 0 saturated heterocycles. The Morgan fingerprint density at radius 1 is 1.14 bits per heavy atom. The zero-order valence-electron chi connectivity index (χ0n) is 7.51. The maximum atomic E-state index is 11.9. The van der Waals surface area contributed by atoms with Crippen LogP contribution in [-0.4, -0.2) is 5.51 Å². The van der Waals surface area contributed by atoms with E-state index in [0.717, 1.165) is 5.56 Å². The van der Waals surface area contributed by atoms with E-state index in [4.69, 9.17) is 0 Å². The minimum absolute atomic E-state index is 0.0966. The number of hydrogen-bond acceptors (Lipinski definition) is 1. The Hall–Kier alpha value is -0.900. The zero-order chi connectivity index (χ0) is 10.6. The highest BCUT2D eigenvalue weighted by atomic mass is 32.2. The van der Waals surface area contributed by atoms with Crippen LogP contribution in [0.15, 0.2) is 35.2 Å². The van der Waals surface area contributed by atoms with E-state index in [1.54, 1.807) is 12.1 Å². The molecular weight excluding hydrogens is 209 g/mol. The molecule has 1 aromatic rings. The molecule has 0 amide bonds. The van der Waals surface area contributed by atoms with Crippen molar-refractivity contribution in [3.8, 4) is 0 Å². The highest BCUT2D eigenvalue weighted by Gasteiger charge is 2.28. The van der Waals surface area contributed by atoms with Gasteiger partial charge in [0.15, 0.2) is 0 Å². The van der Waals surface area contributed by atoms with Crippen LogP contribution in [0.2, 0.25) is 0 Å². The van der Waals surface area contributed by atoms with Crippen molar-refractivity contribution in [2.75, 3.05) is 0 Å². The van der Waals surface area contributed by atoms with Crippen LogP contribution in [0.4, 0.5) is 13.2 Å². The molecule has 14 heavy (non-hydrogen) atoms. The van der Waals surface area contributed by atoms with E-state index in [9.17, 15) is 13.2 Å². The monoisotopic (exact) mass is 218 g/mol. The second-order valence-electron chi connectivity index (χ2n) is 2.62. The van der Waals surface area contributed by atoms with Gasteiger partial charge < -0.3 is 0 Å². The fourth-order valence-electron chi connectivity index (χ4n) is 0.973. The summed E-state index contributed by atoms with van der Waals surface area (Å²) in [6.45, 7) is 1.86. The lowest BCUT2D eigenvalue weighted by Gasteiger charge is -2.04. The summed E-state index contributed by atoms with van der Waals surface area (Å²) in [6, 6.07) is 6.25. The molecule has 0 aromatic heterocycles. The van der Waals surface area contributed by atoms with Gasteiger partial charge in [0.2, 0.25) is 0 Å². The molecule has 0 aliphatic heterocycles. The van der Waals surface area contributed by atoms with Crippen LogP contribution in [0.1, 0.15) is 12.5 Å². The van der Waals surface area contributed by atoms with Crippen molar-refractivity contribution in [1.29, 1.82) is 0 Å². The third-order valence-electron chi connectivity index (χ3n) is 1.47. The van der Waals surface area contributed by atoms with E-state index in [2.05, 4.69) is 0 Å². The molecular formula is C10H9F3S. The maximum Gasteiger partial charge on any atom is 0.446 e. The van der Waals surface area contributed by atoms with E-state index in [0.29, 0.717) is 0 Å². The van der Waals surface area contributed by atoms with Crippen molar-refractivity contribution >= 4 is 17.8 Å². The number of rotatable bonds is 2. The normalized spacial score (nSPS) is 12.3. The van der Waals surface area contributed by atoms with Gasteiger partial charge in [-0.1, -0.05) is 24.3 Å². The van der Waals surface area contributed by atoms with Gasteiger partial charge in [-0.15, -0.1) is 0 Å². The molecule has 76 valence electrons. The molecule has 1 rings (SSSR count). The van der Waals surface area contributed by atoms with Gasteiger partial charge in [-0.05, 0) is 36.4 Å². The molecule has 0 radical (unpaired) electrons. The summed E-state index contributed by atoms with van der Waals surface area (Å²) in [7, 11) is 0. The zero-order valence-corrected chi connectivity index (χ0v) is 8.32. The number of benzene rings is 1. The fraction of sp³-hybridized carbons (Fsp3) is 0.200.